The summed E-state index contributed by atoms with van der Waals surface area (Å²) in [5.41, 5.74) is 5.02. The standard InChI is InChI=1S/C17H26O/c1-12-10-13(2)15(14(3)11-12)16(18)17(4)8-6-5-7-9-17/h10-11,16,18H,5-9H2,1-4H3. The molecule has 0 bridgehead atoms. The lowest BCUT2D eigenvalue weighted by atomic mass is 9.69. The van der Waals surface area contributed by atoms with Crippen molar-refractivity contribution in [2.24, 2.45) is 5.41 Å². The minimum atomic E-state index is -0.307. The average Bonchev–Trinajstić information content (AvgIpc) is 2.28. The fourth-order valence-electron chi connectivity index (χ4n) is 3.60. The highest BCUT2D eigenvalue weighted by molar-refractivity contribution is 5.39. The summed E-state index contributed by atoms with van der Waals surface area (Å²) in [6.07, 6.45) is 5.85. The molecule has 1 unspecified atom stereocenters. The van der Waals surface area contributed by atoms with Gasteiger partial charge in [0.05, 0.1) is 6.10 Å². The maximum Gasteiger partial charge on any atom is 0.0848 e. The molecular formula is C17H26O. The Morgan fingerprint density at radius 1 is 1.00 bits per heavy atom. The van der Waals surface area contributed by atoms with Crippen molar-refractivity contribution < 1.29 is 5.11 Å². The molecular weight excluding hydrogens is 220 g/mol. The van der Waals surface area contributed by atoms with Crippen molar-refractivity contribution >= 4 is 0 Å². The molecule has 0 heterocycles. The maximum absolute atomic E-state index is 10.9. The van der Waals surface area contributed by atoms with Gasteiger partial charge in [-0.1, -0.05) is 43.9 Å². The van der Waals surface area contributed by atoms with Crippen molar-refractivity contribution in [3.8, 4) is 0 Å². The third-order valence-electron chi connectivity index (χ3n) is 4.67. The van der Waals surface area contributed by atoms with Gasteiger partial charge >= 0.3 is 0 Å². The topological polar surface area (TPSA) is 20.2 Å². The second-order valence-corrected chi connectivity index (χ2v) is 6.43. The number of aliphatic hydroxyl groups is 1. The molecule has 1 aliphatic carbocycles. The predicted octanol–water partition coefficient (Wildman–Crippen LogP) is 4.62. The van der Waals surface area contributed by atoms with E-state index in [9.17, 15) is 5.11 Å². The van der Waals surface area contributed by atoms with E-state index in [1.165, 1.54) is 41.5 Å². The van der Waals surface area contributed by atoms with E-state index in [2.05, 4.69) is 39.8 Å². The summed E-state index contributed by atoms with van der Waals surface area (Å²) in [6.45, 7) is 8.64. The third-order valence-corrected chi connectivity index (χ3v) is 4.67. The molecule has 0 aromatic heterocycles. The Morgan fingerprint density at radius 2 is 1.50 bits per heavy atom. The normalized spacial score (nSPS) is 20.7. The minimum absolute atomic E-state index is 0.0724. The van der Waals surface area contributed by atoms with Crippen molar-refractivity contribution in [1.82, 2.24) is 0 Å². The molecule has 0 aliphatic heterocycles. The maximum atomic E-state index is 10.9. The number of aliphatic hydroxyl groups excluding tert-OH is 1. The average molecular weight is 246 g/mol. The molecule has 1 N–H and O–H groups in total. The lowest BCUT2D eigenvalue weighted by molar-refractivity contribution is 0.00735. The molecule has 1 atom stereocenters. The van der Waals surface area contributed by atoms with Crippen LogP contribution < -0.4 is 0 Å². The first-order chi connectivity index (χ1) is 8.44. The Bertz CT molecular complexity index is 404. The zero-order chi connectivity index (χ0) is 13.3. The Hall–Kier alpha value is -0.820. The Labute approximate surface area is 111 Å². The largest absolute Gasteiger partial charge is 0.388 e. The molecule has 100 valence electrons. The highest BCUT2D eigenvalue weighted by Crippen LogP contribution is 2.47. The van der Waals surface area contributed by atoms with Gasteiger partial charge in [0.25, 0.3) is 0 Å². The van der Waals surface area contributed by atoms with Crippen LogP contribution in [0.1, 0.15) is 67.4 Å². The molecule has 1 aliphatic rings. The van der Waals surface area contributed by atoms with Gasteiger partial charge in [-0.2, -0.15) is 0 Å². The Balaban J connectivity index is 2.36. The van der Waals surface area contributed by atoms with Crippen LogP contribution in [0.3, 0.4) is 0 Å². The fourth-order valence-corrected chi connectivity index (χ4v) is 3.60. The third kappa shape index (κ3) is 2.47. The lowest BCUT2D eigenvalue weighted by Crippen LogP contribution is -2.29. The van der Waals surface area contributed by atoms with Crippen LogP contribution in [0.5, 0.6) is 0 Å². The van der Waals surface area contributed by atoms with Gasteiger partial charge in [0.1, 0.15) is 0 Å². The van der Waals surface area contributed by atoms with E-state index in [1.807, 2.05) is 0 Å². The van der Waals surface area contributed by atoms with Crippen LogP contribution in [0.2, 0.25) is 0 Å². The second kappa shape index (κ2) is 5.05. The van der Waals surface area contributed by atoms with Gasteiger partial charge in [-0.3, -0.25) is 0 Å². The highest BCUT2D eigenvalue weighted by Gasteiger charge is 2.36. The van der Waals surface area contributed by atoms with E-state index in [0.29, 0.717) is 0 Å². The monoisotopic (exact) mass is 246 g/mol. The number of hydrogen-bond donors (Lipinski definition) is 1. The van der Waals surface area contributed by atoms with Crippen molar-refractivity contribution in [2.45, 2.75) is 65.9 Å². The summed E-state index contributed by atoms with van der Waals surface area (Å²) in [4.78, 5) is 0. The van der Waals surface area contributed by atoms with Crippen LogP contribution in [0.4, 0.5) is 0 Å². The van der Waals surface area contributed by atoms with Crippen molar-refractivity contribution in [3.05, 3.63) is 34.4 Å². The second-order valence-electron chi connectivity index (χ2n) is 6.43. The molecule has 1 aromatic rings. The lowest BCUT2D eigenvalue weighted by Gasteiger charge is -2.39. The van der Waals surface area contributed by atoms with Gasteiger partial charge in [-0.25, -0.2) is 0 Å². The van der Waals surface area contributed by atoms with Crippen molar-refractivity contribution in [3.63, 3.8) is 0 Å². The van der Waals surface area contributed by atoms with Gasteiger partial charge in [0.15, 0.2) is 0 Å². The number of benzene rings is 1. The number of aryl methyl sites for hydroxylation is 3. The molecule has 0 radical (unpaired) electrons. The summed E-state index contributed by atoms with van der Waals surface area (Å²) < 4.78 is 0. The smallest absolute Gasteiger partial charge is 0.0848 e. The van der Waals surface area contributed by atoms with Crippen molar-refractivity contribution in [2.75, 3.05) is 0 Å². The van der Waals surface area contributed by atoms with Crippen LogP contribution in [0.25, 0.3) is 0 Å². The summed E-state index contributed by atoms with van der Waals surface area (Å²) in [6, 6.07) is 4.38. The van der Waals surface area contributed by atoms with E-state index in [0.717, 1.165) is 12.8 Å². The summed E-state index contributed by atoms with van der Waals surface area (Å²) >= 11 is 0. The van der Waals surface area contributed by atoms with Crippen LogP contribution in [-0.4, -0.2) is 5.11 Å². The number of rotatable bonds is 2. The summed E-state index contributed by atoms with van der Waals surface area (Å²) in [5.74, 6) is 0. The van der Waals surface area contributed by atoms with E-state index in [1.54, 1.807) is 0 Å². The molecule has 1 fully saturated rings. The first-order valence-electron chi connectivity index (χ1n) is 7.20. The number of hydrogen-bond acceptors (Lipinski definition) is 1. The van der Waals surface area contributed by atoms with Crippen molar-refractivity contribution in [1.29, 1.82) is 0 Å². The molecule has 18 heavy (non-hydrogen) atoms. The Morgan fingerprint density at radius 3 is 2.00 bits per heavy atom. The molecule has 1 heteroatoms. The fraction of sp³-hybridized carbons (Fsp3) is 0.647. The van der Waals surface area contributed by atoms with Gasteiger partial charge in [0.2, 0.25) is 0 Å². The molecule has 1 aromatic carbocycles. The molecule has 1 nitrogen and oxygen atoms in total. The van der Waals surface area contributed by atoms with E-state index in [4.69, 9.17) is 0 Å². The van der Waals surface area contributed by atoms with Crippen LogP contribution in [0.15, 0.2) is 12.1 Å². The SMILES string of the molecule is Cc1cc(C)c(C(O)C2(C)CCCCC2)c(C)c1. The Kier molecular flexibility index (Phi) is 3.82. The molecule has 1 saturated carbocycles. The van der Waals surface area contributed by atoms with Crippen LogP contribution >= 0.6 is 0 Å². The first-order valence-corrected chi connectivity index (χ1v) is 7.20. The zero-order valence-corrected chi connectivity index (χ0v) is 12.2. The molecule has 0 spiro atoms. The van der Waals surface area contributed by atoms with Crippen LogP contribution in [-0.2, 0) is 0 Å². The van der Waals surface area contributed by atoms with E-state index in [-0.39, 0.29) is 11.5 Å². The summed E-state index contributed by atoms with van der Waals surface area (Å²) in [5, 5.41) is 10.9. The molecule has 0 saturated heterocycles. The molecule has 0 amide bonds. The van der Waals surface area contributed by atoms with Gasteiger partial charge in [0, 0.05) is 0 Å². The quantitative estimate of drug-likeness (QED) is 0.807. The van der Waals surface area contributed by atoms with Gasteiger partial charge < -0.3 is 5.11 Å². The molecule has 2 rings (SSSR count). The van der Waals surface area contributed by atoms with Gasteiger partial charge in [-0.05, 0) is 55.7 Å². The summed E-state index contributed by atoms with van der Waals surface area (Å²) in [7, 11) is 0. The highest BCUT2D eigenvalue weighted by atomic mass is 16.3. The van der Waals surface area contributed by atoms with Crippen LogP contribution in [0, 0.1) is 26.2 Å². The van der Waals surface area contributed by atoms with Gasteiger partial charge in [-0.15, -0.1) is 0 Å². The zero-order valence-electron chi connectivity index (χ0n) is 12.2. The minimum Gasteiger partial charge on any atom is -0.388 e. The predicted molar refractivity (Wildman–Crippen MR) is 76.8 cm³/mol. The van der Waals surface area contributed by atoms with E-state index < -0.39 is 0 Å². The van der Waals surface area contributed by atoms with E-state index >= 15 is 0 Å². The first kappa shape index (κ1) is 13.6.